The third-order valence-corrected chi connectivity index (χ3v) is 2.88. The van der Waals surface area contributed by atoms with Crippen LogP contribution in [0.4, 0.5) is 0 Å². The summed E-state index contributed by atoms with van der Waals surface area (Å²) in [7, 11) is 0. The molecule has 0 amide bonds. The number of nitriles is 1. The van der Waals surface area contributed by atoms with Gasteiger partial charge in [-0.25, -0.2) is 4.98 Å². The molecular formula is C15H18N4. The van der Waals surface area contributed by atoms with Gasteiger partial charge < -0.3 is 9.88 Å². The minimum atomic E-state index is 0.437. The normalized spacial score (nSPS) is 10.6. The summed E-state index contributed by atoms with van der Waals surface area (Å²) in [5.74, 6) is 1.01. The average molecular weight is 254 g/mol. The van der Waals surface area contributed by atoms with E-state index in [1.54, 1.807) is 0 Å². The molecule has 0 atom stereocenters. The van der Waals surface area contributed by atoms with Crippen LogP contribution >= 0.6 is 0 Å². The Kier molecular flexibility index (Phi) is 4.32. The van der Waals surface area contributed by atoms with E-state index in [1.807, 2.05) is 36.7 Å². The van der Waals surface area contributed by atoms with Gasteiger partial charge in [-0.2, -0.15) is 5.26 Å². The van der Waals surface area contributed by atoms with Crippen molar-refractivity contribution in [3.63, 3.8) is 0 Å². The molecule has 1 N–H and O–H groups in total. The Labute approximate surface area is 113 Å². The highest BCUT2D eigenvalue weighted by Crippen LogP contribution is 2.08. The molecule has 0 saturated heterocycles. The molecule has 2 rings (SSSR count). The summed E-state index contributed by atoms with van der Waals surface area (Å²) >= 11 is 0. The Morgan fingerprint density at radius 3 is 3.00 bits per heavy atom. The van der Waals surface area contributed by atoms with Crippen LogP contribution in [0.5, 0.6) is 0 Å². The van der Waals surface area contributed by atoms with Gasteiger partial charge in [0, 0.05) is 25.0 Å². The molecule has 2 aromatic rings. The summed E-state index contributed by atoms with van der Waals surface area (Å²) < 4.78 is 2.10. The van der Waals surface area contributed by atoms with E-state index in [9.17, 15) is 0 Å². The molecule has 4 nitrogen and oxygen atoms in total. The molecule has 1 heterocycles. The van der Waals surface area contributed by atoms with E-state index in [2.05, 4.69) is 34.8 Å². The predicted molar refractivity (Wildman–Crippen MR) is 74.5 cm³/mol. The fraction of sp³-hybridized carbons (Fsp3) is 0.333. The molecule has 1 aromatic heterocycles. The quantitative estimate of drug-likeness (QED) is 0.890. The van der Waals surface area contributed by atoms with E-state index in [-0.39, 0.29) is 0 Å². The van der Waals surface area contributed by atoms with Crippen molar-refractivity contribution in [1.29, 1.82) is 5.26 Å². The Hall–Kier alpha value is -2.12. The number of imidazole rings is 1. The lowest BCUT2D eigenvalue weighted by molar-refractivity contribution is 0.554. The first kappa shape index (κ1) is 13.3. The highest BCUT2D eigenvalue weighted by atomic mass is 15.1. The molecule has 0 bridgehead atoms. The van der Waals surface area contributed by atoms with E-state index in [1.165, 1.54) is 0 Å². The molecule has 98 valence electrons. The van der Waals surface area contributed by atoms with Crippen LogP contribution in [0, 0.1) is 11.3 Å². The Bertz CT molecular complexity index is 578. The third-order valence-electron chi connectivity index (χ3n) is 2.88. The number of nitrogens with zero attached hydrogens (tertiary/aromatic N) is 3. The minimum Gasteiger partial charge on any atom is -0.329 e. The third kappa shape index (κ3) is 3.67. The van der Waals surface area contributed by atoms with Crippen LogP contribution in [0.15, 0.2) is 36.7 Å². The first-order valence-corrected chi connectivity index (χ1v) is 6.41. The summed E-state index contributed by atoms with van der Waals surface area (Å²) in [4.78, 5) is 4.36. The number of benzene rings is 1. The van der Waals surface area contributed by atoms with Gasteiger partial charge in [0.15, 0.2) is 0 Å². The van der Waals surface area contributed by atoms with Crippen molar-refractivity contribution in [3.8, 4) is 6.07 Å². The summed E-state index contributed by atoms with van der Waals surface area (Å²) in [6, 6.07) is 10.3. The Morgan fingerprint density at radius 2 is 2.26 bits per heavy atom. The van der Waals surface area contributed by atoms with E-state index in [4.69, 9.17) is 5.26 Å². The Balaban J connectivity index is 2.10. The molecule has 0 spiro atoms. The summed E-state index contributed by atoms with van der Waals surface area (Å²) in [5, 5.41) is 12.3. The molecule has 0 aliphatic carbocycles. The van der Waals surface area contributed by atoms with Crippen molar-refractivity contribution in [2.24, 2.45) is 0 Å². The average Bonchev–Trinajstić information content (AvgIpc) is 2.84. The number of hydrogen-bond acceptors (Lipinski definition) is 3. The molecule has 1 aromatic carbocycles. The number of rotatable bonds is 5. The lowest BCUT2D eigenvalue weighted by atomic mass is 10.1. The van der Waals surface area contributed by atoms with Crippen LogP contribution in [-0.4, -0.2) is 15.6 Å². The van der Waals surface area contributed by atoms with Crippen LogP contribution < -0.4 is 5.32 Å². The van der Waals surface area contributed by atoms with E-state index >= 15 is 0 Å². The van der Waals surface area contributed by atoms with Gasteiger partial charge >= 0.3 is 0 Å². The second-order valence-electron chi connectivity index (χ2n) is 4.82. The number of hydrogen-bond donors (Lipinski definition) is 1. The predicted octanol–water partition coefficient (Wildman–Crippen LogP) is 2.30. The maximum Gasteiger partial charge on any atom is 0.122 e. The molecule has 0 unspecified atom stereocenters. The van der Waals surface area contributed by atoms with E-state index < -0.39 is 0 Å². The van der Waals surface area contributed by atoms with Gasteiger partial charge in [0.1, 0.15) is 5.82 Å². The van der Waals surface area contributed by atoms with Gasteiger partial charge in [-0.15, -0.1) is 0 Å². The smallest absolute Gasteiger partial charge is 0.122 e. The van der Waals surface area contributed by atoms with Crippen molar-refractivity contribution in [1.82, 2.24) is 14.9 Å². The van der Waals surface area contributed by atoms with Crippen molar-refractivity contribution in [2.45, 2.75) is 33.0 Å². The maximum absolute atomic E-state index is 8.91. The molecule has 0 radical (unpaired) electrons. The van der Waals surface area contributed by atoms with Crippen LogP contribution in [0.3, 0.4) is 0 Å². The van der Waals surface area contributed by atoms with E-state index in [0.717, 1.165) is 24.5 Å². The zero-order valence-corrected chi connectivity index (χ0v) is 11.3. The van der Waals surface area contributed by atoms with Gasteiger partial charge in [0.05, 0.1) is 18.2 Å². The summed E-state index contributed by atoms with van der Waals surface area (Å²) in [6.07, 6.45) is 3.78. The summed E-state index contributed by atoms with van der Waals surface area (Å²) in [6.45, 7) is 5.72. The first-order chi connectivity index (χ1) is 9.19. The van der Waals surface area contributed by atoms with Gasteiger partial charge in [-0.05, 0) is 17.7 Å². The van der Waals surface area contributed by atoms with Gasteiger partial charge in [-0.1, -0.05) is 26.0 Å². The molecular weight excluding hydrogens is 236 g/mol. The summed E-state index contributed by atoms with van der Waals surface area (Å²) in [5.41, 5.74) is 1.81. The second-order valence-corrected chi connectivity index (χ2v) is 4.82. The lowest BCUT2D eigenvalue weighted by Crippen LogP contribution is -2.24. The van der Waals surface area contributed by atoms with Crippen molar-refractivity contribution < 1.29 is 0 Å². The van der Waals surface area contributed by atoms with Crippen molar-refractivity contribution in [2.75, 3.05) is 0 Å². The SMILES string of the molecule is CC(C)NCc1nccn1Cc1cccc(C#N)c1. The second kappa shape index (κ2) is 6.17. The molecule has 4 heteroatoms. The fourth-order valence-corrected chi connectivity index (χ4v) is 1.88. The standard InChI is InChI=1S/C15H18N4/c1-12(2)18-10-15-17-6-7-19(15)11-14-5-3-4-13(8-14)9-16/h3-8,12,18H,10-11H2,1-2H3. The van der Waals surface area contributed by atoms with Crippen LogP contribution in [0.2, 0.25) is 0 Å². The van der Waals surface area contributed by atoms with Gasteiger partial charge in [0.2, 0.25) is 0 Å². The van der Waals surface area contributed by atoms with Crippen LogP contribution in [0.25, 0.3) is 0 Å². The van der Waals surface area contributed by atoms with Crippen molar-refractivity contribution in [3.05, 3.63) is 53.6 Å². The monoisotopic (exact) mass is 254 g/mol. The van der Waals surface area contributed by atoms with Crippen LogP contribution in [-0.2, 0) is 13.1 Å². The van der Waals surface area contributed by atoms with Crippen LogP contribution in [0.1, 0.15) is 30.8 Å². The molecule has 0 saturated carbocycles. The highest BCUT2D eigenvalue weighted by molar-refractivity contribution is 5.32. The molecule has 19 heavy (non-hydrogen) atoms. The largest absolute Gasteiger partial charge is 0.329 e. The van der Waals surface area contributed by atoms with Crippen molar-refractivity contribution >= 4 is 0 Å². The maximum atomic E-state index is 8.91. The Morgan fingerprint density at radius 1 is 1.42 bits per heavy atom. The fourth-order valence-electron chi connectivity index (χ4n) is 1.88. The molecule has 0 aliphatic rings. The zero-order valence-electron chi connectivity index (χ0n) is 11.3. The topological polar surface area (TPSA) is 53.6 Å². The zero-order chi connectivity index (χ0) is 13.7. The van der Waals surface area contributed by atoms with E-state index in [0.29, 0.717) is 11.6 Å². The number of nitrogens with one attached hydrogen (secondary N) is 1. The number of aromatic nitrogens is 2. The molecule has 0 fully saturated rings. The first-order valence-electron chi connectivity index (χ1n) is 6.41. The lowest BCUT2D eigenvalue weighted by Gasteiger charge is -2.11. The highest BCUT2D eigenvalue weighted by Gasteiger charge is 2.04. The van der Waals surface area contributed by atoms with Gasteiger partial charge in [0.25, 0.3) is 0 Å². The molecule has 0 aliphatic heterocycles. The van der Waals surface area contributed by atoms with Gasteiger partial charge in [-0.3, -0.25) is 0 Å². The minimum absolute atomic E-state index is 0.437.